The maximum Gasteiger partial charge on any atom is 0.336 e. The molecular weight excluding hydrogens is 1710 g/mol. The van der Waals surface area contributed by atoms with Crippen molar-refractivity contribution in [2.75, 3.05) is 46.2 Å². The second kappa shape index (κ2) is 39.6. The quantitative estimate of drug-likeness (QED) is 0.0157. The molecule has 43 nitrogen and oxygen atoms in total. The lowest BCUT2D eigenvalue weighted by molar-refractivity contribution is -0.390. The third-order valence-corrected chi connectivity index (χ3v) is 31.1. The summed E-state index contributed by atoms with van der Waals surface area (Å²) in [6.07, 6.45) is -62.3. The molecule has 8 heterocycles. The topological polar surface area (TPSA) is 677 Å². The van der Waals surface area contributed by atoms with E-state index >= 15 is 4.79 Å². The van der Waals surface area contributed by atoms with Crippen molar-refractivity contribution in [3.8, 4) is 0 Å². The summed E-state index contributed by atoms with van der Waals surface area (Å²) in [5, 5.41) is 266. The van der Waals surface area contributed by atoms with E-state index in [-0.39, 0.29) is 43.1 Å². The van der Waals surface area contributed by atoms with Crippen molar-refractivity contribution in [1.82, 2.24) is 0 Å². The first kappa shape index (κ1) is 102. The molecule has 0 radical (unpaired) electrons. The fraction of sp³-hybridized carbons (Fsp3) is 0.906. The number of aliphatic hydroxyl groups excluding tert-OH is 24. The summed E-state index contributed by atoms with van der Waals surface area (Å²) >= 11 is 0. The molecule has 734 valence electrons. The Hall–Kier alpha value is -3.40. The van der Waals surface area contributed by atoms with Crippen LogP contribution in [0.15, 0.2) is 36.0 Å². The minimum absolute atomic E-state index is 0.0142. The van der Waals surface area contributed by atoms with Gasteiger partial charge in [0.2, 0.25) is 6.29 Å². The Labute approximate surface area is 739 Å². The molecule has 0 aromatic heterocycles. The van der Waals surface area contributed by atoms with Crippen LogP contribution in [0.5, 0.6) is 0 Å². The van der Waals surface area contributed by atoms with Crippen LogP contribution in [0.4, 0.5) is 0 Å². The number of hydrogen-bond acceptors (Lipinski definition) is 43. The summed E-state index contributed by atoms with van der Waals surface area (Å²) in [6, 6.07) is 0. The molecule has 0 amide bonds. The van der Waals surface area contributed by atoms with E-state index in [4.69, 9.17) is 80.5 Å². The molecule has 0 unspecified atom stereocenters. The number of carbonyl (C=O) groups excluding carboxylic acids is 2. The zero-order valence-corrected chi connectivity index (χ0v) is 73.3. The molecule has 0 aromatic rings. The number of esters is 2. The lowest BCUT2D eigenvalue weighted by atomic mass is 9.33. The molecule has 128 heavy (non-hydrogen) atoms. The van der Waals surface area contributed by atoms with Crippen molar-refractivity contribution in [3.63, 3.8) is 0 Å². The highest BCUT2D eigenvalue weighted by atomic mass is 16.8. The van der Waals surface area contributed by atoms with Gasteiger partial charge in [-0.05, 0) is 118 Å². The summed E-state index contributed by atoms with van der Waals surface area (Å²) in [6.45, 7) is 17.2. The van der Waals surface area contributed by atoms with Crippen molar-refractivity contribution in [1.29, 1.82) is 0 Å². The number of aliphatic hydroxyl groups is 24. The predicted octanol–water partition coefficient (Wildman–Crippen LogP) is -7.64. The molecule has 48 atom stereocenters. The molecule has 4 saturated carbocycles. The number of rotatable bonds is 27. The Morgan fingerprint density at radius 2 is 0.984 bits per heavy atom. The summed E-state index contributed by atoms with van der Waals surface area (Å²) in [4.78, 5) is 31.6. The molecule has 12 fully saturated rings. The smallest absolute Gasteiger partial charge is 0.336 e. The van der Waals surface area contributed by atoms with Gasteiger partial charge in [0.1, 0.15) is 170 Å². The second-order valence-electron chi connectivity index (χ2n) is 39.6. The average Bonchev–Trinajstić information content (AvgIpc) is 0.750. The van der Waals surface area contributed by atoms with Crippen molar-refractivity contribution >= 4 is 11.9 Å². The highest BCUT2D eigenvalue weighted by molar-refractivity contribution is 5.89. The van der Waals surface area contributed by atoms with E-state index in [1.165, 1.54) is 26.0 Å². The van der Waals surface area contributed by atoms with Crippen LogP contribution in [0.25, 0.3) is 0 Å². The van der Waals surface area contributed by atoms with Gasteiger partial charge in [0.15, 0.2) is 50.1 Å². The Bertz CT molecular complexity index is 3810. The lowest BCUT2D eigenvalue weighted by Crippen LogP contribution is -2.70. The highest BCUT2D eigenvalue weighted by Gasteiger charge is 2.74. The maximum atomic E-state index is 16.7. The van der Waals surface area contributed by atoms with Gasteiger partial charge in [-0.25, -0.2) is 4.79 Å². The fourth-order valence-corrected chi connectivity index (χ4v) is 22.8. The average molecular weight is 1850 g/mol. The van der Waals surface area contributed by atoms with Crippen LogP contribution < -0.4 is 0 Å². The van der Waals surface area contributed by atoms with Crippen LogP contribution in [-0.4, -0.2) is 432 Å². The van der Waals surface area contributed by atoms with Crippen LogP contribution in [-0.2, 0) is 90.1 Å². The monoisotopic (exact) mass is 1840 g/mol. The van der Waals surface area contributed by atoms with Crippen molar-refractivity contribution < 1.29 is 213 Å². The lowest BCUT2D eigenvalue weighted by Gasteiger charge is -2.72. The molecule has 0 spiro atoms. The molecule has 0 bridgehead atoms. The molecule has 43 heteroatoms. The summed E-state index contributed by atoms with van der Waals surface area (Å²) in [5.41, 5.74) is -7.19. The van der Waals surface area contributed by atoms with E-state index in [2.05, 4.69) is 33.4 Å². The molecule has 13 aliphatic rings. The van der Waals surface area contributed by atoms with Crippen molar-refractivity contribution in [3.05, 3.63) is 36.0 Å². The van der Waals surface area contributed by atoms with Gasteiger partial charge in [0, 0.05) is 11.8 Å². The number of fused-ring (bicyclic) bond motifs is 7. The molecule has 0 aromatic carbocycles. The zero-order valence-electron chi connectivity index (χ0n) is 73.3. The largest absolute Gasteiger partial charge is 0.458 e. The number of hydrogen-bond donors (Lipinski definition) is 24. The third-order valence-electron chi connectivity index (χ3n) is 31.1. The van der Waals surface area contributed by atoms with E-state index in [0.717, 1.165) is 5.57 Å². The summed E-state index contributed by atoms with van der Waals surface area (Å²) in [7, 11) is 0. The van der Waals surface area contributed by atoms with Crippen molar-refractivity contribution in [2.24, 2.45) is 50.2 Å². The Kier molecular flexibility index (Phi) is 31.6. The van der Waals surface area contributed by atoms with Gasteiger partial charge >= 0.3 is 11.9 Å². The van der Waals surface area contributed by atoms with E-state index in [0.29, 0.717) is 32.1 Å². The van der Waals surface area contributed by atoms with Crippen LogP contribution in [0, 0.1) is 50.2 Å². The van der Waals surface area contributed by atoms with Crippen LogP contribution in [0.3, 0.4) is 0 Å². The van der Waals surface area contributed by atoms with Crippen LogP contribution in [0.1, 0.15) is 133 Å². The summed E-state index contributed by atoms with van der Waals surface area (Å²) in [5.74, 6) is -3.64. The van der Waals surface area contributed by atoms with Crippen molar-refractivity contribution in [2.45, 2.75) is 385 Å². The van der Waals surface area contributed by atoms with Crippen LogP contribution >= 0.6 is 0 Å². The molecule has 5 aliphatic carbocycles. The first-order valence-electron chi connectivity index (χ1n) is 44.3. The molecular formula is C85H136O43. The highest BCUT2D eigenvalue weighted by Crippen LogP contribution is 2.76. The van der Waals surface area contributed by atoms with Gasteiger partial charge in [-0.3, -0.25) is 4.79 Å². The maximum absolute atomic E-state index is 16.7. The number of carbonyl (C=O) groups is 2. The zero-order chi connectivity index (χ0) is 93.8. The normalized spacial score (nSPS) is 51.3. The SMILES string of the molecule is C=C[C@](C)(CC/C=C(\CO)C(=O)O[C@H]1C[C@]2(C(=O)O[C@@H]3O[C@H](CO)[C@@H](O)[C@H](O)[C@H]3O[C@@H]3O[C@@H](C)[C@H](O[C@@H]4O[C@@H](CO)[C@H](O)[C@H]4O)[C@@H](O[C@@H]4O[C@H](CO)[C@@H](O)[C@H](O)[C@H]4O)[C@H]3O)[C@H](O)C[C@]3(C)C(=CC[C@@H]4[C@@]5(C)CC[C@H](O[C@@H]6O[C@H](CO[C@@H]7OC[C@H](O)[C@H](O)[C@H]7O[C@@H]7OC[C@@H](O)[C@H](O)[C@H]7O)[C@@H](O)[C@H](O)[C@H]6O)C(C)(C)[C@@H]5CC[C@]43C)[C@@H]2CC1(C)C)O[C@@H]1O[C@H](C)[C@@H](O)[C@H](O)[C@H]1O. The molecule has 8 aliphatic heterocycles. The number of ether oxygens (including phenoxy) is 17. The first-order chi connectivity index (χ1) is 60.1. The molecule has 24 N–H and O–H groups in total. The van der Waals surface area contributed by atoms with Gasteiger partial charge in [0.05, 0.1) is 81.8 Å². The van der Waals surface area contributed by atoms with E-state index in [1.54, 1.807) is 20.8 Å². The van der Waals surface area contributed by atoms with Gasteiger partial charge in [-0.1, -0.05) is 72.3 Å². The minimum Gasteiger partial charge on any atom is -0.458 e. The first-order valence-corrected chi connectivity index (χ1v) is 44.3. The standard InChI is InChI=1S/C85H136O43/c1-12-81(8,128-75-63(108)55(100)48(93)32(2)115-75)19-13-14-34(25-86)69(110)121-47-24-85(78(111)127-77-68(58(103)52(97)40(27-88)119-77)126-74-64(109)66(124-73-62(107)56(101)51(96)39(26-87)117-73)65(33(3)116-74)123-72-60(105)53(98)41(28-89)118-72)36(22-79(47,4)5)35-15-16-44-82(9)20-18-46(80(6,7)43(82)17-21-83(44,10)84(35,11)23-45(85)92)122-71-61(106)57(102)54(99)42(120-71)31-114-76-67(50(95)38(91)30-113-76)125-70-59(104)49(94)37(90)29-112-70/h12,14-15,32-33,36-68,70-77,86-109H,1,13,16-31H2,2-11H3/b34-14+/t32-,33+,36+,37-,38+,39-,40-,41+,42-,43+,44-,45-,46+,47+,48-,49+,50+,51-,52-,53+,54-,55+,56+,57+,58+,59-,60-,61-,62-,63-,64-,65+,66+,67-,68-,70+,71+,72+,73+,74+,75+,76+,77+,81-,82+,83-,84-,85-/m1/s1. The van der Waals surface area contributed by atoms with E-state index < -0.39 is 354 Å². The van der Waals surface area contributed by atoms with Gasteiger partial charge in [-0.15, -0.1) is 6.58 Å². The number of allylic oxidation sites excluding steroid dienone is 3. The second-order valence-corrected chi connectivity index (χ2v) is 39.6. The Balaban J connectivity index is 0.788. The molecule has 8 saturated heterocycles. The third kappa shape index (κ3) is 18.7. The van der Waals surface area contributed by atoms with Gasteiger partial charge in [0.25, 0.3) is 0 Å². The van der Waals surface area contributed by atoms with E-state index in [9.17, 15) is 127 Å². The Morgan fingerprint density at radius 3 is 1.60 bits per heavy atom. The van der Waals surface area contributed by atoms with Crippen LogP contribution in [0.2, 0.25) is 0 Å². The summed E-state index contributed by atoms with van der Waals surface area (Å²) < 4.78 is 103. The minimum atomic E-state index is -2.27. The predicted molar refractivity (Wildman–Crippen MR) is 424 cm³/mol. The van der Waals surface area contributed by atoms with Gasteiger partial charge < -0.3 is 203 Å². The fourth-order valence-electron chi connectivity index (χ4n) is 22.8. The van der Waals surface area contributed by atoms with Gasteiger partial charge in [-0.2, -0.15) is 0 Å². The Morgan fingerprint density at radius 1 is 0.484 bits per heavy atom. The van der Waals surface area contributed by atoms with E-state index in [1.807, 2.05) is 13.8 Å². The molecule has 13 rings (SSSR count).